The number of nitrogens with one attached hydrogen (secondary N) is 1. The number of nitrogens with zero attached hydrogens (tertiary/aromatic N) is 2. The summed E-state index contributed by atoms with van der Waals surface area (Å²) in [6, 6.07) is 7.85. The van der Waals surface area contributed by atoms with Gasteiger partial charge in [-0.05, 0) is 17.7 Å². The minimum Gasteiger partial charge on any atom is -0.382 e. The SMILES string of the molecule is CNc1nc(N)c(C(=O)N(C)Cc2cccc(Br)c2)s1. The molecule has 0 bridgehead atoms. The molecule has 106 valence electrons. The van der Waals surface area contributed by atoms with E-state index in [-0.39, 0.29) is 11.7 Å². The van der Waals surface area contributed by atoms with E-state index in [9.17, 15) is 4.79 Å². The van der Waals surface area contributed by atoms with Crippen LogP contribution in [0.3, 0.4) is 0 Å². The molecule has 1 aromatic carbocycles. The van der Waals surface area contributed by atoms with Crippen LogP contribution < -0.4 is 11.1 Å². The van der Waals surface area contributed by atoms with Gasteiger partial charge in [-0.25, -0.2) is 4.98 Å². The summed E-state index contributed by atoms with van der Waals surface area (Å²) in [5.41, 5.74) is 6.83. The molecule has 1 amide bonds. The number of carbonyl (C=O) groups is 1. The summed E-state index contributed by atoms with van der Waals surface area (Å²) in [6.07, 6.45) is 0. The summed E-state index contributed by atoms with van der Waals surface area (Å²) in [4.78, 5) is 18.5. The van der Waals surface area contributed by atoms with E-state index in [4.69, 9.17) is 5.73 Å². The number of hydrogen-bond donors (Lipinski definition) is 2. The summed E-state index contributed by atoms with van der Waals surface area (Å²) in [6.45, 7) is 0.518. The zero-order valence-electron chi connectivity index (χ0n) is 11.2. The lowest BCUT2D eigenvalue weighted by Crippen LogP contribution is -2.26. The standard InChI is InChI=1S/C13H15BrN4OS/c1-16-13-17-11(15)10(20-13)12(19)18(2)7-8-4-3-5-9(14)6-8/h3-6H,7,15H2,1-2H3,(H,16,17). The molecular weight excluding hydrogens is 340 g/mol. The topological polar surface area (TPSA) is 71.2 Å². The molecule has 0 fully saturated rings. The number of halogens is 1. The highest BCUT2D eigenvalue weighted by Gasteiger charge is 2.19. The molecule has 0 atom stereocenters. The quantitative estimate of drug-likeness (QED) is 0.885. The molecule has 7 heteroatoms. The highest BCUT2D eigenvalue weighted by molar-refractivity contribution is 9.10. The van der Waals surface area contributed by atoms with E-state index in [2.05, 4.69) is 26.2 Å². The minimum absolute atomic E-state index is 0.124. The maximum atomic E-state index is 12.4. The molecule has 2 aromatic rings. The Morgan fingerprint density at radius 1 is 1.55 bits per heavy atom. The first kappa shape index (κ1) is 14.8. The Kier molecular flexibility index (Phi) is 4.61. The number of nitrogens with two attached hydrogens (primary N) is 1. The smallest absolute Gasteiger partial charge is 0.267 e. The lowest BCUT2D eigenvalue weighted by Gasteiger charge is -2.16. The number of hydrogen-bond acceptors (Lipinski definition) is 5. The second kappa shape index (κ2) is 6.23. The van der Waals surface area contributed by atoms with Crippen LogP contribution in [0.15, 0.2) is 28.7 Å². The number of carbonyl (C=O) groups excluding carboxylic acids is 1. The minimum atomic E-state index is -0.124. The fourth-order valence-electron chi connectivity index (χ4n) is 1.75. The highest BCUT2D eigenvalue weighted by Crippen LogP contribution is 2.26. The van der Waals surface area contributed by atoms with E-state index in [1.807, 2.05) is 24.3 Å². The molecule has 3 N–H and O–H groups in total. The van der Waals surface area contributed by atoms with Gasteiger partial charge in [-0.2, -0.15) is 0 Å². The normalized spacial score (nSPS) is 10.3. The van der Waals surface area contributed by atoms with Crippen LogP contribution in [0.4, 0.5) is 10.9 Å². The van der Waals surface area contributed by atoms with Crippen molar-refractivity contribution in [2.24, 2.45) is 0 Å². The van der Waals surface area contributed by atoms with Crippen LogP contribution in [0.2, 0.25) is 0 Å². The molecule has 0 unspecified atom stereocenters. The fourth-order valence-corrected chi connectivity index (χ4v) is 3.03. The van der Waals surface area contributed by atoms with Gasteiger partial charge in [0.25, 0.3) is 5.91 Å². The molecule has 1 heterocycles. The van der Waals surface area contributed by atoms with Crippen LogP contribution in [0.25, 0.3) is 0 Å². The first-order chi connectivity index (χ1) is 9.51. The zero-order chi connectivity index (χ0) is 14.7. The average molecular weight is 355 g/mol. The van der Waals surface area contributed by atoms with Crippen molar-refractivity contribution < 1.29 is 4.79 Å². The number of benzene rings is 1. The van der Waals surface area contributed by atoms with Crippen molar-refractivity contribution in [3.63, 3.8) is 0 Å². The Labute approximate surface area is 129 Å². The largest absolute Gasteiger partial charge is 0.382 e. The van der Waals surface area contributed by atoms with Gasteiger partial charge < -0.3 is 16.0 Å². The predicted molar refractivity (Wildman–Crippen MR) is 86.0 cm³/mol. The number of aromatic nitrogens is 1. The number of amides is 1. The van der Waals surface area contributed by atoms with E-state index < -0.39 is 0 Å². The number of rotatable bonds is 4. The second-order valence-electron chi connectivity index (χ2n) is 4.27. The van der Waals surface area contributed by atoms with Gasteiger partial charge in [0.2, 0.25) is 0 Å². The lowest BCUT2D eigenvalue weighted by molar-refractivity contribution is 0.0790. The van der Waals surface area contributed by atoms with Gasteiger partial charge >= 0.3 is 0 Å². The summed E-state index contributed by atoms with van der Waals surface area (Å²) in [7, 11) is 3.50. The molecule has 0 saturated heterocycles. The van der Waals surface area contributed by atoms with Gasteiger partial charge in [-0.3, -0.25) is 4.79 Å². The van der Waals surface area contributed by atoms with Crippen LogP contribution in [0.1, 0.15) is 15.2 Å². The van der Waals surface area contributed by atoms with E-state index in [1.54, 1.807) is 19.0 Å². The van der Waals surface area contributed by atoms with Gasteiger partial charge in [-0.1, -0.05) is 39.4 Å². The van der Waals surface area contributed by atoms with Crippen molar-refractivity contribution in [1.82, 2.24) is 9.88 Å². The Morgan fingerprint density at radius 3 is 2.90 bits per heavy atom. The Bertz CT molecular complexity index is 629. The van der Waals surface area contributed by atoms with Crippen molar-refractivity contribution in [2.45, 2.75) is 6.54 Å². The maximum absolute atomic E-state index is 12.4. The molecule has 0 spiro atoms. The molecule has 5 nitrogen and oxygen atoms in total. The van der Waals surface area contributed by atoms with Crippen molar-refractivity contribution in [1.29, 1.82) is 0 Å². The van der Waals surface area contributed by atoms with E-state index in [1.165, 1.54) is 11.3 Å². The van der Waals surface area contributed by atoms with Crippen LogP contribution in [0, 0.1) is 0 Å². The van der Waals surface area contributed by atoms with Crippen LogP contribution in [-0.4, -0.2) is 29.9 Å². The maximum Gasteiger partial charge on any atom is 0.267 e. The Morgan fingerprint density at radius 2 is 2.30 bits per heavy atom. The third-order valence-corrected chi connectivity index (χ3v) is 4.29. The summed E-state index contributed by atoms with van der Waals surface area (Å²) >= 11 is 4.68. The van der Waals surface area contributed by atoms with E-state index in [0.717, 1.165) is 10.0 Å². The van der Waals surface area contributed by atoms with Crippen molar-refractivity contribution in [2.75, 3.05) is 25.1 Å². The van der Waals surface area contributed by atoms with E-state index in [0.29, 0.717) is 16.6 Å². The molecule has 0 saturated carbocycles. The van der Waals surface area contributed by atoms with Crippen LogP contribution >= 0.6 is 27.3 Å². The van der Waals surface area contributed by atoms with Gasteiger partial charge in [0, 0.05) is 25.1 Å². The number of anilines is 2. The second-order valence-corrected chi connectivity index (χ2v) is 6.19. The summed E-state index contributed by atoms with van der Waals surface area (Å²) < 4.78 is 0.991. The number of thiazole rings is 1. The van der Waals surface area contributed by atoms with Gasteiger partial charge in [0.05, 0.1) is 0 Å². The third-order valence-electron chi connectivity index (χ3n) is 2.72. The first-order valence-electron chi connectivity index (χ1n) is 5.95. The predicted octanol–water partition coefficient (Wildman–Crippen LogP) is 2.80. The van der Waals surface area contributed by atoms with Crippen LogP contribution in [-0.2, 0) is 6.54 Å². The first-order valence-corrected chi connectivity index (χ1v) is 7.56. The molecule has 2 rings (SSSR count). The van der Waals surface area contributed by atoms with Gasteiger partial charge in [-0.15, -0.1) is 0 Å². The van der Waals surface area contributed by atoms with Gasteiger partial charge in [0.1, 0.15) is 10.7 Å². The number of nitrogen functional groups attached to an aromatic ring is 1. The fraction of sp³-hybridized carbons (Fsp3) is 0.231. The molecule has 1 aromatic heterocycles. The Hall–Kier alpha value is -1.60. The molecule has 0 aliphatic rings. The monoisotopic (exact) mass is 354 g/mol. The molecular formula is C13H15BrN4OS. The molecule has 0 radical (unpaired) electrons. The highest BCUT2D eigenvalue weighted by atomic mass is 79.9. The summed E-state index contributed by atoms with van der Waals surface area (Å²) in [5.74, 6) is 0.145. The molecule has 0 aliphatic carbocycles. The molecule has 20 heavy (non-hydrogen) atoms. The average Bonchev–Trinajstić information content (AvgIpc) is 2.79. The molecule has 0 aliphatic heterocycles. The van der Waals surface area contributed by atoms with E-state index >= 15 is 0 Å². The van der Waals surface area contributed by atoms with Gasteiger partial charge in [0.15, 0.2) is 5.13 Å². The van der Waals surface area contributed by atoms with Crippen molar-refractivity contribution >= 4 is 44.1 Å². The Balaban J connectivity index is 2.14. The summed E-state index contributed by atoms with van der Waals surface area (Å²) in [5, 5.41) is 3.53. The lowest BCUT2D eigenvalue weighted by atomic mass is 10.2. The van der Waals surface area contributed by atoms with Crippen LogP contribution in [0.5, 0.6) is 0 Å². The van der Waals surface area contributed by atoms with Crippen molar-refractivity contribution in [3.8, 4) is 0 Å². The zero-order valence-corrected chi connectivity index (χ0v) is 13.6. The van der Waals surface area contributed by atoms with Crippen molar-refractivity contribution in [3.05, 3.63) is 39.2 Å². The third kappa shape index (κ3) is 3.29.